The first-order valence-electron chi connectivity index (χ1n) is 7.31. The van der Waals surface area contributed by atoms with Crippen molar-refractivity contribution in [2.45, 2.75) is 25.8 Å². The van der Waals surface area contributed by atoms with E-state index in [-0.39, 0.29) is 0 Å². The minimum Gasteiger partial charge on any atom is -0.381 e. The number of fused-ring (bicyclic) bond motifs is 2. The van der Waals surface area contributed by atoms with E-state index in [0.29, 0.717) is 0 Å². The lowest BCUT2D eigenvalue weighted by Gasteiger charge is -2.08. The summed E-state index contributed by atoms with van der Waals surface area (Å²) in [6.45, 7) is 0.864. The van der Waals surface area contributed by atoms with Crippen molar-refractivity contribution in [3.8, 4) is 0 Å². The molecule has 3 aromatic rings. The third kappa shape index (κ3) is 1.97. The van der Waals surface area contributed by atoms with Crippen LogP contribution >= 0.6 is 0 Å². The van der Waals surface area contributed by atoms with Crippen LogP contribution in [-0.4, -0.2) is 4.98 Å². The normalized spacial score (nSPS) is 13.6. The van der Waals surface area contributed by atoms with E-state index in [9.17, 15) is 0 Å². The van der Waals surface area contributed by atoms with Crippen LogP contribution in [0.2, 0.25) is 0 Å². The van der Waals surface area contributed by atoms with Gasteiger partial charge in [-0.15, -0.1) is 0 Å². The van der Waals surface area contributed by atoms with E-state index in [2.05, 4.69) is 59.0 Å². The molecule has 2 N–H and O–H groups in total. The number of rotatable bonds is 3. The highest BCUT2D eigenvalue weighted by Gasteiger charge is 2.10. The van der Waals surface area contributed by atoms with Gasteiger partial charge in [-0.05, 0) is 54.2 Å². The van der Waals surface area contributed by atoms with Crippen molar-refractivity contribution in [3.63, 3.8) is 0 Å². The molecule has 0 bridgehead atoms. The molecule has 0 atom stereocenters. The van der Waals surface area contributed by atoms with Gasteiger partial charge < -0.3 is 10.3 Å². The number of nitrogens with one attached hydrogen (secondary N) is 2. The topological polar surface area (TPSA) is 27.8 Å². The number of anilines is 1. The molecule has 0 spiro atoms. The van der Waals surface area contributed by atoms with Crippen molar-refractivity contribution < 1.29 is 0 Å². The second kappa shape index (κ2) is 4.71. The predicted molar refractivity (Wildman–Crippen MR) is 84.1 cm³/mol. The molecule has 1 aromatic heterocycles. The lowest BCUT2D eigenvalue weighted by Crippen LogP contribution is -1.99. The summed E-state index contributed by atoms with van der Waals surface area (Å²) in [6, 6.07) is 15.3. The molecule has 1 heterocycles. The molecule has 4 rings (SSSR count). The Kier molecular flexibility index (Phi) is 2.73. The Hall–Kier alpha value is -2.22. The molecule has 2 aromatic carbocycles. The first-order chi connectivity index (χ1) is 9.90. The number of hydrogen-bond acceptors (Lipinski definition) is 1. The first-order valence-corrected chi connectivity index (χ1v) is 7.31. The Morgan fingerprint density at radius 2 is 1.90 bits per heavy atom. The summed E-state index contributed by atoms with van der Waals surface area (Å²) in [5.41, 5.74) is 6.81. The number of para-hydroxylation sites is 1. The van der Waals surface area contributed by atoms with Crippen molar-refractivity contribution in [1.82, 2.24) is 4.98 Å². The maximum atomic E-state index is 3.55. The summed E-state index contributed by atoms with van der Waals surface area (Å²) in [6.07, 6.45) is 5.89. The summed E-state index contributed by atoms with van der Waals surface area (Å²) < 4.78 is 0. The highest BCUT2D eigenvalue weighted by molar-refractivity contribution is 5.83. The standard InChI is InChI=1S/C18H18N2/c1-2-7-18-17(6-1)15(12-20-18)11-19-16-9-8-13-4-3-5-14(13)10-16/h1-2,6-10,12,19-20H,3-5,11H2. The number of aromatic amines is 1. The van der Waals surface area contributed by atoms with Crippen LogP contribution in [0.25, 0.3) is 10.9 Å². The summed E-state index contributed by atoms with van der Waals surface area (Å²) >= 11 is 0. The number of benzene rings is 2. The molecule has 20 heavy (non-hydrogen) atoms. The van der Waals surface area contributed by atoms with E-state index < -0.39 is 0 Å². The van der Waals surface area contributed by atoms with Gasteiger partial charge in [0.2, 0.25) is 0 Å². The monoisotopic (exact) mass is 262 g/mol. The van der Waals surface area contributed by atoms with Gasteiger partial charge in [0.15, 0.2) is 0 Å². The predicted octanol–water partition coefficient (Wildman–Crippen LogP) is 4.27. The van der Waals surface area contributed by atoms with Crippen LogP contribution in [0.5, 0.6) is 0 Å². The van der Waals surface area contributed by atoms with Crippen LogP contribution in [0.4, 0.5) is 5.69 Å². The van der Waals surface area contributed by atoms with Crippen LogP contribution < -0.4 is 5.32 Å². The van der Waals surface area contributed by atoms with Crippen LogP contribution in [0, 0.1) is 0 Å². The van der Waals surface area contributed by atoms with E-state index in [0.717, 1.165) is 6.54 Å². The molecule has 2 heteroatoms. The molecule has 1 aliphatic rings. The highest BCUT2D eigenvalue weighted by Crippen LogP contribution is 2.25. The maximum absolute atomic E-state index is 3.55. The van der Waals surface area contributed by atoms with Gasteiger partial charge >= 0.3 is 0 Å². The Bertz CT molecular complexity index is 755. The second-order valence-corrected chi connectivity index (χ2v) is 5.55. The third-order valence-corrected chi connectivity index (χ3v) is 4.26. The minimum atomic E-state index is 0.864. The van der Waals surface area contributed by atoms with Gasteiger partial charge in [0.25, 0.3) is 0 Å². The van der Waals surface area contributed by atoms with E-state index in [1.54, 1.807) is 0 Å². The molecule has 2 nitrogen and oxygen atoms in total. The maximum Gasteiger partial charge on any atom is 0.0457 e. The van der Waals surface area contributed by atoms with Crippen molar-refractivity contribution in [1.29, 1.82) is 0 Å². The van der Waals surface area contributed by atoms with Crippen LogP contribution in [0.1, 0.15) is 23.1 Å². The lowest BCUT2D eigenvalue weighted by atomic mass is 10.1. The van der Waals surface area contributed by atoms with Crippen molar-refractivity contribution in [3.05, 3.63) is 65.4 Å². The average molecular weight is 262 g/mol. The third-order valence-electron chi connectivity index (χ3n) is 4.26. The quantitative estimate of drug-likeness (QED) is 0.725. The molecule has 1 aliphatic carbocycles. The molecule has 0 aliphatic heterocycles. The van der Waals surface area contributed by atoms with Gasteiger partial charge in [0.05, 0.1) is 0 Å². The number of aromatic nitrogens is 1. The smallest absolute Gasteiger partial charge is 0.0457 e. The van der Waals surface area contributed by atoms with Crippen molar-refractivity contribution in [2.24, 2.45) is 0 Å². The molecule has 0 fully saturated rings. The number of H-pyrrole nitrogens is 1. The van der Waals surface area contributed by atoms with Crippen LogP contribution in [0.3, 0.4) is 0 Å². The second-order valence-electron chi connectivity index (χ2n) is 5.55. The Labute approximate surface area is 118 Å². The van der Waals surface area contributed by atoms with Crippen LogP contribution in [0.15, 0.2) is 48.7 Å². The Morgan fingerprint density at radius 1 is 1.00 bits per heavy atom. The van der Waals surface area contributed by atoms with E-state index >= 15 is 0 Å². The van der Waals surface area contributed by atoms with Gasteiger partial charge in [0, 0.05) is 29.3 Å². The zero-order chi connectivity index (χ0) is 13.4. The molecule has 100 valence electrons. The molecule has 0 amide bonds. The van der Waals surface area contributed by atoms with Gasteiger partial charge in [-0.1, -0.05) is 24.3 Å². The summed E-state index contributed by atoms with van der Waals surface area (Å²) in [5, 5.41) is 4.86. The summed E-state index contributed by atoms with van der Waals surface area (Å²) in [7, 11) is 0. The first kappa shape index (κ1) is 11.6. The molecular formula is C18H18N2. The minimum absolute atomic E-state index is 0.864. The fourth-order valence-corrected chi connectivity index (χ4v) is 3.16. The summed E-state index contributed by atoms with van der Waals surface area (Å²) in [5.74, 6) is 0. The summed E-state index contributed by atoms with van der Waals surface area (Å²) in [4.78, 5) is 3.33. The van der Waals surface area contributed by atoms with E-state index in [1.165, 1.54) is 52.5 Å². The molecule has 0 unspecified atom stereocenters. The Balaban J connectivity index is 1.55. The zero-order valence-electron chi connectivity index (χ0n) is 11.4. The van der Waals surface area contributed by atoms with Gasteiger partial charge in [-0.2, -0.15) is 0 Å². The van der Waals surface area contributed by atoms with Gasteiger partial charge in [0.1, 0.15) is 0 Å². The Morgan fingerprint density at radius 3 is 2.90 bits per heavy atom. The molecule has 0 saturated carbocycles. The fourth-order valence-electron chi connectivity index (χ4n) is 3.16. The molecule has 0 radical (unpaired) electrons. The fraction of sp³-hybridized carbons (Fsp3) is 0.222. The van der Waals surface area contributed by atoms with Gasteiger partial charge in [-0.3, -0.25) is 0 Å². The molecule has 0 saturated heterocycles. The van der Waals surface area contributed by atoms with Crippen LogP contribution in [-0.2, 0) is 19.4 Å². The number of aryl methyl sites for hydroxylation is 2. The molecular weight excluding hydrogens is 244 g/mol. The largest absolute Gasteiger partial charge is 0.381 e. The highest BCUT2D eigenvalue weighted by atomic mass is 14.9. The van der Waals surface area contributed by atoms with Crippen molar-refractivity contribution in [2.75, 3.05) is 5.32 Å². The lowest BCUT2D eigenvalue weighted by molar-refractivity contribution is 0.912. The van der Waals surface area contributed by atoms with E-state index in [1.807, 2.05) is 0 Å². The van der Waals surface area contributed by atoms with E-state index in [4.69, 9.17) is 0 Å². The number of hydrogen-bond donors (Lipinski definition) is 2. The SMILES string of the molecule is c1ccc2c(CNc3ccc4c(c3)CCC4)c[nH]c2c1. The van der Waals surface area contributed by atoms with Gasteiger partial charge in [-0.25, -0.2) is 0 Å². The van der Waals surface area contributed by atoms with Crippen molar-refractivity contribution >= 4 is 16.6 Å². The zero-order valence-corrected chi connectivity index (χ0v) is 11.4. The average Bonchev–Trinajstić information content (AvgIpc) is 3.11.